The number of alkyl halides is 1. The number of benzene rings is 2. The highest BCUT2D eigenvalue weighted by Crippen LogP contribution is 2.23. The van der Waals surface area contributed by atoms with Crippen molar-refractivity contribution in [2.75, 3.05) is 5.32 Å². The first-order valence-electron chi connectivity index (χ1n) is 5.51. The Bertz CT molecular complexity index is 613. The van der Waals surface area contributed by atoms with Gasteiger partial charge in [-0.2, -0.15) is 0 Å². The van der Waals surface area contributed by atoms with Crippen LogP contribution in [0.25, 0.3) is 0 Å². The molecule has 0 fully saturated rings. The van der Waals surface area contributed by atoms with Crippen LogP contribution in [0.15, 0.2) is 42.5 Å². The number of carbonyl (C=O) groups excluding carboxylic acids is 1. The van der Waals surface area contributed by atoms with Gasteiger partial charge >= 0.3 is 0 Å². The molecule has 0 atom stereocenters. The van der Waals surface area contributed by atoms with E-state index in [0.717, 1.165) is 5.56 Å². The zero-order chi connectivity index (χ0) is 13.8. The van der Waals surface area contributed by atoms with Crippen LogP contribution in [0, 0.1) is 0 Å². The molecule has 2 aromatic rings. The highest BCUT2D eigenvalue weighted by Gasteiger charge is 2.08. The van der Waals surface area contributed by atoms with E-state index in [1.165, 1.54) is 6.07 Å². The van der Waals surface area contributed by atoms with Crippen LogP contribution in [0.2, 0.25) is 10.0 Å². The van der Waals surface area contributed by atoms with Crippen molar-refractivity contribution >= 4 is 46.4 Å². The molecule has 2 aromatic carbocycles. The molecule has 0 spiro atoms. The standard InChI is InChI=1S/C14H10Cl3NO/c15-8-9-2-1-3-11(6-9)18-14(19)10-4-5-12(16)13(17)7-10/h1-7H,8H2,(H,18,19). The van der Waals surface area contributed by atoms with Crippen LogP contribution < -0.4 is 5.32 Å². The van der Waals surface area contributed by atoms with Crippen molar-refractivity contribution in [3.8, 4) is 0 Å². The average molecular weight is 315 g/mol. The molecule has 1 amide bonds. The summed E-state index contributed by atoms with van der Waals surface area (Å²) >= 11 is 17.4. The van der Waals surface area contributed by atoms with Crippen LogP contribution in [-0.2, 0) is 5.88 Å². The van der Waals surface area contributed by atoms with E-state index in [1.54, 1.807) is 18.2 Å². The molecule has 0 bridgehead atoms. The van der Waals surface area contributed by atoms with E-state index in [9.17, 15) is 4.79 Å². The van der Waals surface area contributed by atoms with Crippen LogP contribution in [0.1, 0.15) is 15.9 Å². The van der Waals surface area contributed by atoms with Crippen LogP contribution >= 0.6 is 34.8 Å². The maximum Gasteiger partial charge on any atom is 0.255 e. The predicted octanol–water partition coefficient (Wildman–Crippen LogP) is 4.98. The summed E-state index contributed by atoms with van der Waals surface area (Å²) in [6.07, 6.45) is 0. The highest BCUT2D eigenvalue weighted by molar-refractivity contribution is 6.42. The molecule has 0 saturated carbocycles. The molecular formula is C14H10Cl3NO. The number of carbonyl (C=O) groups is 1. The number of rotatable bonds is 3. The minimum absolute atomic E-state index is 0.245. The third-order valence-electron chi connectivity index (χ3n) is 2.52. The summed E-state index contributed by atoms with van der Waals surface area (Å²) in [5, 5.41) is 3.55. The van der Waals surface area contributed by atoms with Gasteiger partial charge < -0.3 is 5.32 Å². The second-order valence-corrected chi connectivity index (χ2v) is 5.00. The lowest BCUT2D eigenvalue weighted by Gasteiger charge is -2.07. The van der Waals surface area contributed by atoms with Crippen molar-refractivity contribution in [3.05, 3.63) is 63.6 Å². The topological polar surface area (TPSA) is 29.1 Å². The van der Waals surface area contributed by atoms with Crippen molar-refractivity contribution in [3.63, 3.8) is 0 Å². The van der Waals surface area contributed by atoms with Gasteiger partial charge in [-0.15, -0.1) is 11.6 Å². The van der Waals surface area contributed by atoms with E-state index in [1.807, 2.05) is 18.2 Å². The summed E-state index contributed by atoms with van der Waals surface area (Å²) in [7, 11) is 0. The van der Waals surface area contributed by atoms with Crippen molar-refractivity contribution in [2.45, 2.75) is 5.88 Å². The fraction of sp³-hybridized carbons (Fsp3) is 0.0714. The Kier molecular flexibility index (Phi) is 4.70. The Morgan fingerprint density at radius 3 is 2.53 bits per heavy atom. The van der Waals surface area contributed by atoms with Gasteiger partial charge in [0.25, 0.3) is 5.91 Å². The first-order valence-corrected chi connectivity index (χ1v) is 6.80. The summed E-state index contributed by atoms with van der Waals surface area (Å²) in [4.78, 5) is 12.0. The maximum absolute atomic E-state index is 12.0. The number of amides is 1. The van der Waals surface area contributed by atoms with E-state index in [0.29, 0.717) is 27.2 Å². The number of hydrogen-bond donors (Lipinski definition) is 1. The van der Waals surface area contributed by atoms with Gasteiger partial charge in [0.2, 0.25) is 0 Å². The number of anilines is 1. The normalized spacial score (nSPS) is 10.3. The molecular weight excluding hydrogens is 305 g/mol. The summed E-state index contributed by atoms with van der Waals surface area (Å²) in [6, 6.07) is 12.1. The van der Waals surface area contributed by atoms with E-state index in [4.69, 9.17) is 34.8 Å². The zero-order valence-electron chi connectivity index (χ0n) is 9.79. The van der Waals surface area contributed by atoms with E-state index >= 15 is 0 Å². The Balaban J connectivity index is 2.18. The SMILES string of the molecule is O=C(Nc1cccc(CCl)c1)c1ccc(Cl)c(Cl)c1. The first kappa shape index (κ1) is 14.2. The molecule has 19 heavy (non-hydrogen) atoms. The largest absolute Gasteiger partial charge is 0.322 e. The van der Waals surface area contributed by atoms with Gasteiger partial charge in [0, 0.05) is 17.1 Å². The molecule has 0 aromatic heterocycles. The molecule has 0 aliphatic rings. The summed E-state index contributed by atoms with van der Waals surface area (Å²) in [5.74, 6) is 0.154. The van der Waals surface area contributed by atoms with Crippen LogP contribution in [0.4, 0.5) is 5.69 Å². The smallest absolute Gasteiger partial charge is 0.255 e. The molecule has 0 unspecified atom stereocenters. The molecule has 5 heteroatoms. The fourth-order valence-electron chi connectivity index (χ4n) is 1.57. The second-order valence-electron chi connectivity index (χ2n) is 3.92. The Hall–Kier alpha value is -1.22. The molecule has 2 rings (SSSR count). The van der Waals surface area contributed by atoms with Crippen molar-refractivity contribution in [1.29, 1.82) is 0 Å². The minimum atomic E-state index is -0.245. The lowest BCUT2D eigenvalue weighted by Crippen LogP contribution is -2.11. The Morgan fingerprint density at radius 2 is 1.84 bits per heavy atom. The van der Waals surface area contributed by atoms with E-state index in [-0.39, 0.29) is 5.91 Å². The number of halogens is 3. The quantitative estimate of drug-likeness (QED) is 0.795. The summed E-state index contributed by atoms with van der Waals surface area (Å²) < 4.78 is 0. The van der Waals surface area contributed by atoms with Gasteiger partial charge in [0.1, 0.15) is 0 Å². The minimum Gasteiger partial charge on any atom is -0.322 e. The average Bonchev–Trinajstić information content (AvgIpc) is 2.42. The Labute approximate surface area is 126 Å². The molecule has 98 valence electrons. The van der Waals surface area contributed by atoms with Crippen LogP contribution in [-0.4, -0.2) is 5.91 Å². The predicted molar refractivity (Wildman–Crippen MR) is 80.4 cm³/mol. The van der Waals surface area contributed by atoms with Gasteiger partial charge in [-0.3, -0.25) is 4.79 Å². The summed E-state index contributed by atoms with van der Waals surface area (Å²) in [5.41, 5.74) is 2.08. The van der Waals surface area contributed by atoms with Gasteiger partial charge in [-0.1, -0.05) is 35.3 Å². The molecule has 0 radical (unpaired) electrons. The van der Waals surface area contributed by atoms with Crippen molar-refractivity contribution < 1.29 is 4.79 Å². The third kappa shape index (κ3) is 3.63. The molecule has 0 aliphatic heterocycles. The second kappa shape index (κ2) is 6.29. The number of nitrogens with one attached hydrogen (secondary N) is 1. The molecule has 0 aliphatic carbocycles. The summed E-state index contributed by atoms with van der Waals surface area (Å²) in [6.45, 7) is 0. The van der Waals surface area contributed by atoms with Gasteiger partial charge in [-0.25, -0.2) is 0 Å². The molecule has 0 saturated heterocycles. The highest BCUT2D eigenvalue weighted by atomic mass is 35.5. The van der Waals surface area contributed by atoms with Crippen molar-refractivity contribution in [2.24, 2.45) is 0 Å². The van der Waals surface area contributed by atoms with Crippen molar-refractivity contribution in [1.82, 2.24) is 0 Å². The van der Waals surface area contributed by atoms with Gasteiger partial charge in [0.05, 0.1) is 10.0 Å². The first-order chi connectivity index (χ1) is 9.10. The third-order valence-corrected chi connectivity index (χ3v) is 3.57. The molecule has 1 N–H and O–H groups in total. The zero-order valence-corrected chi connectivity index (χ0v) is 12.1. The van der Waals surface area contributed by atoms with E-state index < -0.39 is 0 Å². The van der Waals surface area contributed by atoms with E-state index in [2.05, 4.69) is 5.32 Å². The fourth-order valence-corrected chi connectivity index (χ4v) is 2.04. The maximum atomic E-state index is 12.0. The van der Waals surface area contributed by atoms with Crippen LogP contribution in [0.5, 0.6) is 0 Å². The molecule has 2 nitrogen and oxygen atoms in total. The lowest BCUT2D eigenvalue weighted by molar-refractivity contribution is 0.102. The number of hydrogen-bond acceptors (Lipinski definition) is 1. The van der Waals surface area contributed by atoms with Crippen LogP contribution in [0.3, 0.4) is 0 Å². The Morgan fingerprint density at radius 1 is 1.05 bits per heavy atom. The lowest BCUT2D eigenvalue weighted by atomic mass is 10.2. The van der Waals surface area contributed by atoms with Gasteiger partial charge in [0.15, 0.2) is 0 Å². The van der Waals surface area contributed by atoms with Gasteiger partial charge in [-0.05, 0) is 35.9 Å². The molecule has 0 heterocycles. The monoisotopic (exact) mass is 313 g/mol.